The van der Waals surface area contributed by atoms with Crippen LogP contribution in [0.2, 0.25) is 0 Å². The molecule has 0 aromatic carbocycles. The first-order valence-corrected chi connectivity index (χ1v) is 9.07. The zero-order valence-electron chi connectivity index (χ0n) is 13.8. The van der Waals surface area contributed by atoms with Crippen LogP contribution >= 0.6 is 24.8 Å². The molecule has 0 bridgehead atoms. The van der Waals surface area contributed by atoms with Crippen molar-refractivity contribution < 1.29 is 4.79 Å². The number of nitrogens with zero attached hydrogens (tertiary/aromatic N) is 1. The molecule has 2 saturated carbocycles. The molecule has 23 heavy (non-hydrogen) atoms. The van der Waals surface area contributed by atoms with Gasteiger partial charge >= 0.3 is 0 Å². The number of halogens is 2. The Kier molecular flexibility index (Phi) is 7.02. The van der Waals surface area contributed by atoms with E-state index in [0.29, 0.717) is 12.0 Å². The van der Waals surface area contributed by atoms with Gasteiger partial charge in [-0.3, -0.25) is 4.79 Å². The van der Waals surface area contributed by atoms with Crippen molar-refractivity contribution >= 4 is 30.7 Å². The number of fused-ring (bicyclic) bond motifs is 1. The van der Waals surface area contributed by atoms with E-state index in [4.69, 9.17) is 0 Å². The molecule has 0 spiro atoms. The summed E-state index contributed by atoms with van der Waals surface area (Å²) in [5.41, 5.74) is 0. The molecule has 0 aromatic heterocycles. The van der Waals surface area contributed by atoms with E-state index in [1.54, 1.807) is 0 Å². The van der Waals surface area contributed by atoms with Crippen LogP contribution in [0.1, 0.15) is 51.4 Å². The summed E-state index contributed by atoms with van der Waals surface area (Å²) >= 11 is 0. The van der Waals surface area contributed by atoms with E-state index in [2.05, 4.69) is 15.5 Å². The number of hydrogen-bond acceptors (Lipinski definition) is 3. The third kappa shape index (κ3) is 4.53. The van der Waals surface area contributed by atoms with Gasteiger partial charge in [-0.2, -0.15) is 0 Å². The minimum absolute atomic E-state index is 0. The zero-order valence-corrected chi connectivity index (χ0v) is 15.5. The molecule has 2 aliphatic carbocycles. The van der Waals surface area contributed by atoms with Crippen LogP contribution in [0.25, 0.3) is 0 Å². The van der Waals surface area contributed by atoms with Crippen molar-refractivity contribution in [2.45, 2.75) is 69.5 Å². The molecule has 2 N–H and O–H groups in total. The van der Waals surface area contributed by atoms with Crippen LogP contribution in [0, 0.1) is 11.8 Å². The number of carbonyl (C=O) groups is 1. The molecule has 134 valence electrons. The quantitative estimate of drug-likeness (QED) is 0.805. The SMILES string of the molecule is Cl.Cl.O=C(NCC1CCN(C2CC2)C1)C1CC2CCCCC2N1. The maximum absolute atomic E-state index is 12.4. The molecule has 6 heteroatoms. The molecule has 0 radical (unpaired) electrons. The second-order valence-corrected chi connectivity index (χ2v) is 7.73. The molecule has 1 amide bonds. The number of carbonyl (C=O) groups excluding carboxylic acids is 1. The van der Waals surface area contributed by atoms with Gasteiger partial charge in [-0.1, -0.05) is 12.8 Å². The average molecular weight is 364 g/mol. The van der Waals surface area contributed by atoms with Crippen LogP contribution in [0.3, 0.4) is 0 Å². The van der Waals surface area contributed by atoms with Gasteiger partial charge in [0.15, 0.2) is 0 Å². The molecule has 4 atom stereocenters. The lowest BCUT2D eigenvalue weighted by Gasteiger charge is -2.24. The van der Waals surface area contributed by atoms with Gasteiger partial charge in [0.25, 0.3) is 0 Å². The van der Waals surface area contributed by atoms with Gasteiger partial charge in [-0.05, 0) is 56.9 Å². The van der Waals surface area contributed by atoms with Gasteiger partial charge in [0.05, 0.1) is 6.04 Å². The van der Waals surface area contributed by atoms with Crippen LogP contribution in [-0.2, 0) is 4.79 Å². The zero-order chi connectivity index (χ0) is 14.2. The highest BCUT2D eigenvalue weighted by Crippen LogP contribution is 2.33. The van der Waals surface area contributed by atoms with Crippen LogP contribution in [0.4, 0.5) is 0 Å². The summed E-state index contributed by atoms with van der Waals surface area (Å²) in [6.07, 6.45) is 10.4. The fourth-order valence-electron chi connectivity index (χ4n) is 4.69. The molecule has 2 heterocycles. The van der Waals surface area contributed by atoms with Gasteiger partial charge in [0.2, 0.25) is 5.91 Å². The van der Waals surface area contributed by atoms with Crippen LogP contribution < -0.4 is 10.6 Å². The van der Waals surface area contributed by atoms with E-state index in [-0.39, 0.29) is 36.8 Å². The van der Waals surface area contributed by atoms with Crippen molar-refractivity contribution in [2.75, 3.05) is 19.6 Å². The van der Waals surface area contributed by atoms with Crippen molar-refractivity contribution in [1.29, 1.82) is 0 Å². The predicted octanol–water partition coefficient (Wildman–Crippen LogP) is 2.35. The Balaban J connectivity index is 0.000000960. The third-order valence-electron chi connectivity index (χ3n) is 6.12. The highest BCUT2D eigenvalue weighted by molar-refractivity contribution is 5.85. The summed E-state index contributed by atoms with van der Waals surface area (Å²) in [6, 6.07) is 1.58. The van der Waals surface area contributed by atoms with Gasteiger partial charge in [0, 0.05) is 25.2 Å². The monoisotopic (exact) mass is 363 g/mol. The Morgan fingerprint density at radius 1 is 1.09 bits per heavy atom. The summed E-state index contributed by atoms with van der Waals surface area (Å²) < 4.78 is 0. The number of hydrogen-bond donors (Lipinski definition) is 2. The minimum atomic E-state index is 0. The Labute approximate surface area is 152 Å². The summed E-state index contributed by atoms with van der Waals surface area (Å²) in [4.78, 5) is 15.0. The molecular weight excluding hydrogens is 333 g/mol. The Hall–Kier alpha value is -0.0300. The number of rotatable bonds is 4. The van der Waals surface area contributed by atoms with E-state index >= 15 is 0 Å². The van der Waals surface area contributed by atoms with Crippen LogP contribution in [-0.4, -0.2) is 48.6 Å². The van der Waals surface area contributed by atoms with Crippen LogP contribution in [0.5, 0.6) is 0 Å². The van der Waals surface area contributed by atoms with Gasteiger partial charge in [0.1, 0.15) is 0 Å². The standard InChI is InChI=1S/C17H29N3O.2ClH/c21-17(16-9-13-3-1-2-4-15(13)19-16)18-10-12-7-8-20(11-12)14-5-6-14;;/h12-16,19H,1-11H2,(H,18,21);2*1H. The average Bonchev–Trinajstić information content (AvgIpc) is 3.09. The first-order valence-electron chi connectivity index (χ1n) is 9.07. The Morgan fingerprint density at radius 3 is 2.61 bits per heavy atom. The van der Waals surface area contributed by atoms with Crippen molar-refractivity contribution in [3.05, 3.63) is 0 Å². The first kappa shape index (κ1) is 19.3. The lowest BCUT2D eigenvalue weighted by atomic mass is 9.85. The van der Waals surface area contributed by atoms with Crippen molar-refractivity contribution in [2.24, 2.45) is 11.8 Å². The molecule has 4 unspecified atom stereocenters. The summed E-state index contributed by atoms with van der Waals surface area (Å²) in [6.45, 7) is 3.33. The van der Waals surface area contributed by atoms with Gasteiger partial charge < -0.3 is 15.5 Å². The molecule has 2 saturated heterocycles. The number of likely N-dealkylation sites (tertiary alicyclic amines) is 1. The normalized spacial score (nSPS) is 36.7. The molecule has 4 aliphatic rings. The maximum atomic E-state index is 12.4. The fraction of sp³-hybridized carbons (Fsp3) is 0.941. The topological polar surface area (TPSA) is 44.4 Å². The highest BCUT2D eigenvalue weighted by Gasteiger charge is 2.39. The third-order valence-corrected chi connectivity index (χ3v) is 6.12. The maximum Gasteiger partial charge on any atom is 0.237 e. The summed E-state index contributed by atoms with van der Waals surface area (Å²) in [5.74, 6) is 1.69. The molecule has 4 nitrogen and oxygen atoms in total. The fourth-order valence-corrected chi connectivity index (χ4v) is 4.69. The lowest BCUT2D eigenvalue weighted by Crippen LogP contribution is -2.44. The molecule has 0 aromatic rings. The summed E-state index contributed by atoms with van der Waals surface area (Å²) in [7, 11) is 0. The van der Waals surface area contributed by atoms with Crippen molar-refractivity contribution in [3.8, 4) is 0 Å². The summed E-state index contributed by atoms with van der Waals surface area (Å²) in [5, 5.41) is 6.81. The molecule has 4 rings (SSSR count). The first-order chi connectivity index (χ1) is 10.3. The van der Waals surface area contributed by atoms with Crippen LogP contribution in [0.15, 0.2) is 0 Å². The van der Waals surface area contributed by atoms with Crippen molar-refractivity contribution in [1.82, 2.24) is 15.5 Å². The lowest BCUT2D eigenvalue weighted by molar-refractivity contribution is -0.123. The van der Waals surface area contributed by atoms with E-state index in [1.807, 2.05) is 0 Å². The van der Waals surface area contributed by atoms with Crippen molar-refractivity contribution in [3.63, 3.8) is 0 Å². The Bertz CT molecular complexity index is 391. The minimum Gasteiger partial charge on any atom is -0.354 e. The molecular formula is C17H31Cl2N3O. The van der Waals surface area contributed by atoms with Gasteiger partial charge in [-0.25, -0.2) is 0 Å². The van der Waals surface area contributed by atoms with E-state index in [0.717, 1.165) is 24.9 Å². The smallest absolute Gasteiger partial charge is 0.237 e. The number of amides is 1. The van der Waals surface area contributed by atoms with E-state index in [1.165, 1.54) is 58.0 Å². The molecule has 4 fully saturated rings. The van der Waals surface area contributed by atoms with E-state index < -0.39 is 0 Å². The number of nitrogens with one attached hydrogen (secondary N) is 2. The predicted molar refractivity (Wildman–Crippen MR) is 97.5 cm³/mol. The second-order valence-electron chi connectivity index (χ2n) is 7.73. The largest absolute Gasteiger partial charge is 0.354 e. The highest BCUT2D eigenvalue weighted by atomic mass is 35.5. The second kappa shape index (κ2) is 8.37. The van der Waals surface area contributed by atoms with E-state index in [9.17, 15) is 4.79 Å². The Morgan fingerprint density at radius 2 is 1.87 bits per heavy atom. The molecule has 2 aliphatic heterocycles. The van der Waals surface area contributed by atoms with Gasteiger partial charge in [-0.15, -0.1) is 24.8 Å².